The largest absolute Gasteiger partial charge is 0.261 e. The Kier molecular flexibility index (Phi) is 3.97. The van der Waals surface area contributed by atoms with E-state index >= 15 is 0 Å². The van der Waals surface area contributed by atoms with E-state index in [9.17, 15) is 0 Å². The monoisotopic (exact) mass is 232 g/mol. The third-order valence-corrected chi connectivity index (χ3v) is 2.20. The Morgan fingerprint density at radius 1 is 0.941 bits per heavy atom. The Morgan fingerprint density at radius 2 is 1.47 bits per heavy atom. The number of hydrogen-bond donors (Lipinski definition) is 0. The SMILES string of the molecule is CC(C)(C)/C=N\N(c1ccccc1)C(C)(C)C. The lowest BCUT2D eigenvalue weighted by Crippen LogP contribution is -2.37. The van der Waals surface area contributed by atoms with Gasteiger partial charge in [0.25, 0.3) is 0 Å². The predicted octanol–water partition coefficient (Wildman–Crippen LogP) is 4.32. The highest BCUT2D eigenvalue weighted by atomic mass is 15.5. The molecule has 17 heavy (non-hydrogen) atoms. The summed E-state index contributed by atoms with van der Waals surface area (Å²) in [6.45, 7) is 13.0. The van der Waals surface area contributed by atoms with Crippen molar-refractivity contribution in [3.8, 4) is 0 Å². The third-order valence-electron chi connectivity index (χ3n) is 2.20. The zero-order chi connectivity index (χ0) is 13.1. The fourth-order valence-corrected chi connectivity index (χ4v) is 1.43. The van der Waals surface area contributed by atoms with Crippen molar-refractivity contribution in [2.75, 3.05) is 5.01 Å². The molecule has 0 aromatic heterocycles. The van der Waals surface area contributed by atoms with Crippen LogP contribution in [0.3, 0.4) is 0 Å². The normalized spacial score (nSPS) is 13.1. The zero-order valence-electron chi connectivity index (χ0n) is 11.9. The number of rotatable bonds is 2. The minimum atomic E-state index is -0.0247. The van der Waals surface area contributed by atoms with Gasteiger partial charge in [0, 0.05) is 6.21 Å². The van der Waals surface area contributed by atoms with E-state index in [-0.39, 0.29) is 11.0 Å². The molecule has 0 aliphatic carbocycles. The van der Waals surface area contributed by atoms with E-state index in [1.54, 1.807) is 0 Å². The molecule has 0 saturated heterocycles. The maximum atomic E-state index is 4.64. The molecule has 0 spiro atoms. The number of hydrogen-bond acceptors (Lipinski definition) is 2. The van der Waals surface area contributed by atoms with Crippen molar-refractivity contribution in [2.24, 2.45) is 10.5 Å². The average molecular weight is 232 g/mol. The molecule has 0 N–H and O–H groups in total. The van der Waals surface area contributed by atoms with Gasteiger partial charge in [0.2, 0.25) is 0 Å². The molecule has 0 aliphatic heterocycles. The van der Waals surface area contributed by atoms with Crippen molar-refractivity contribution in [1.29, 1.82) is 0 Å². The van der Waals surface area contributed by atoms with Crippen LogP contribution >= 0.6 is 0 Å². The van der Waals surface area contributed by atoms with E-state index in [0.29, 0.717) is 0 Å². The lowest BCUT2D eigenvalue weighted by atomic mass is 9.99. The molecule has 1 aromatic rings. The maximum absolute atomic E-state index is 4.64. The number of anilines is 1. The molecule has 0 aliphatic rings. The van der Waals surface area contributed by atoms with Crippen LogP contribution in [0.5, 0.6) is 0 Å². The maximum Gasteiger partial charge on any atom is 0.0600 e. The van der Waals surface area contributed by atoms with Crippen LogP contribution < -0.4 is 5.01 Å². The van der Waals surface area contributed by atoms with E-state index in [4.69, 9.17) is 0 Å². The van der Waals surface area contributed by atoms with Crippen LogP contribution in [0.15, 0.2) is 35.4 Å². The summed E-state index contributed by atoms with van der Waals surface area (Å²) in [6.07, 6.45) is 2.01. The molecule has 0 unspecified atom stereocenters. The molecule has 94 valence electrons. The van der Waals surface area contributed by atoms with Gasteiger partial charge in [-0.1, -0.05) is 39.0 Å². The summed E-state index contributed by atoms with van der Waals surface area (Å²) >= 11 is 0. The van der Waals surface area contributed by atoms with Crippen LogP contribution in [0.2, 0.25) is 0 Å². The highest BCUT2D eigenvalue weighted by Gasteiger charge is 2.21. The molecule has 0 heterocycles. The summed E-state index contributed by atoms with van der Waals surface area (Å²) in [4.78, 5) is 0. The summed E-state index contributed by atoms with van der Waals surface area (Å²) in [5.41, 5.74) is 1.20. The second-order valence-electron chi connectivity index (χ2n) is 6.43. The summed E-state index contributed by atoms with van der Waals surface area (Å²) < 4.78 is 0. The molecular weight excluding hydrogens is 208 g/mol. The van der Waals surface area contributed by atoms with Gasteiger partial charge in [0.05, 0.1) is 11.2 Å². The highest BCUT2D eigenvalue weighted by molar-refractivity contribution is 5.66. The lowest BCUT2D eigenvalue weighted by Gasteiger charge is -2.33. The van der Waals surface area contributed by atoms with Crippen molar-refractivity contribution < 1.29 is 0 Å². The summed E-state index contributed by atoms with van der Waals surface area (Å²) in [7, 11) is 0. The molecule has 1 rings (SSSR count). The van der Waals surface area contributed by atoms with Crippen LogP contribution in [0.4, 0.5) is 5.69 Å². The minimum Gasteiger partial charge on any atom is -0.261 e. The average Bonchev–Trinajstić information content (AvgIpc) is 2.15. The second kappa shape index (κ2) is 4.91. The minimum absolute atomic E-state index is 0.0247. The smallest absolute Gasteiger partial charge is 0.0600 e. The van der Waals surface area contributed by atoms with Crippen molar-refractivity contribution in [1.82, 2.24) is 0 Å². The van der Waals surface area contributed by atoms with Crippen LogP contribution in [0.25, 0.3) is 0 Å². The molecular formula is C15H24N2. The number of para-hydroxylation sites is 1. The van der Waals surface area contributed by atoms with E-state index in [1.807, 2.05) is 24.4 Å². The van der Waals surface area contributed by atoms with E-state index < -0.39 is 0 Å². The van der Waals surface area contributed by atoms with Crippen LogP contribution in [-0.4, -0.2) is 11.8 Å². The van der Waals surface area contributed by atoms with Gasteiger partial charge >= 0.3 is 0 Å². The van der Waals surface area contributed by atoms with Crippen molar-refractivity contribution in [3.63, 3.8) is 0 Å². The fourth-order valence-electron chi connectivity index (χ4n) is 1.43. The molecule has 0 bridgehead atoms. The number of hydrazone groups is 1. The zero-order valence-corrected chi connectivity index (χ0v) is 11.9. The van der Waals surface area contributed by atoms with Gasteiger partial charge in [-0.3, -0.25) is 5.01 Å². The first kappa shape index (κ1) is 13.8. The quantitative estimate of drug-likeness (QED) is 0.547. The predicted molar refractivity (Wildman–Crippen MR) is 76.6 cm³/mol. The van der Waals surface area contributed by atoms with Gasteiger partial charge in [-0.05, 0) is 38.3 Å². The Bertz CT molecular complexity index is 366. The third kappa shape index (κ3) is 4.59. The molecule has 0 amide bonds. The van der Waals surface area contributed by atoms with E-state index in [1.165, 1.54) is 0 Å². The Balaban J connectivity index is 3.03. The summed E-state index contributed by atoms with van der Waals surface area (Å²) in [5, 5.41) is 6.71. The molecule has 0 saturated carbocycles. The van der Waals surface area contributed by atoms with Crippen LogP contribution in [0.1, 0.15) is 41.5 Å². The first-order valence-electron chi connectivity index (χ1n) is 6.10. The summed E-state index contributed by atoms with van der Waals surface area (Å²) in [5.74, 6) is 0. The lowest BCUT2D eigenvalue weighted by molar-refractivity contribution is 0.509. The van der Waals surface area contributed by atoms with Gasteiger partial charge in [0.15, 0.2) is 0 Å². The van der Waals surface area contributed by atoms with Crippen molar-refractivity contribution >= 4 is 11.9 Å². The van der Waals surface area contributed by atoms with Gasteiger partial charge in [-0.2, -0.15) is 5.10 Å². The van der Waals surface area contributed by atoms with Gasteiger partial charge < -0.3 is 0 Å². The fraction of sp³-hybridized carbons (Fsp3) is 0.533. The first-order chi connectivity index (χ1) is 7.70. The molecule has 0 fully saturated rings. The molecule has 1 aromatic carbocycles. The molecule has 0 atom stereocenters. The van der Waals surface area contributed by atoms with Crippen LogP contribution in [-0.2, 0) is 0 Å². The first-order valence-corrected chi connectivity index (χ1v) is 6.10. The molecule has 2 heteroatoms. The van der Waals surface area contributed by atoms with Crippen molar-refractivity contribution in [3.05, 3.63) is 30.3 Å². The standard InChI is InChI=1S/C15H24N2/c1-14(2,3)12-16-17(15(4,5)6)13-10-8-7-9-11-13/h7-12H,1-6H3/b16-12-. The van der Waals surface area contributed by atoms with Gasteiger partial charge in [-0.15, -0.1) is 0 Å². The number of nitrogens with zero attached hydrogens (tertiary/aromatic N) is 2. The Morgan fingerprint density at radius 3 is 1.88 bits per heavy atom. The Labute approximate surface area is 105 Å². The molecule has 0 radical (unpaired) electrons. The van der Waals surface area contributed by atoms with Crippen LogP contribution in [0, 0.1) is 5.41 Å². The summed E-state index contributed by atoms with van der Waals surface area (Å²) in [6, 6.07) is 10.3. The Hall–Kier alpha value is -1.31. The highest BCUT2D eigenvalue weighted by Crippen LogP contribution is 2.24. The van der Waals surface area contributed by atoms with Gasteiger partial charge in [0.1, 0.15) is 0 Å². The van der Waals surface area contributed by atoms with E-state index in [0.717, 1.165) is 5.69 Å². The van der Waals surface area contributed by atoms with Gasteiger partial charge in [-0.25, -0.2) is 0 Å². The van der Waals surface area contributed by atoms with E-state index in [2.05, 4.69) is 63.8 Å². The number of benzene rings is 1. The van der Waals surface area contributed by atoms with Crippen molar-refractivity contribution in [2.45, 2.75) is 47.1 Å². The second-order valence-corrected chi connectivity index (χ2v) is 6.43. The topological polar surface area (TPSA) is 15.6 Å². The molecule has 2 nitrogen and oxygen atoms in total.